The van der Waals surface area contributed by atoms with Gasteiger partial charge in [-0.05, 0) is 24.1 Å². The molecule has 0 amide bonds. The maximum Gasteiger partial charge on any atom is 0.307 e. The molecule has 0 saturated carbocycles. The number of hydrogen-bond donors (Lipinski definition) is 2. The molecular formula is C12H12N2O2. The van der Waals surface area contributed by atoms with Gasteiger partial charge in [-0.15, -0.1) is 0 Å². The van der Waals surface area contributed by atoms with E-state index >= 15 is 0 Å². The maximum atomic E-state index is 10.8. The molecule has 0 bridgehead atoms. The van der Waals surface area contributed by atoms with Crippen molar-refractivity contribution in [1.29, 1.82) is 5.26 Å². The minimum absolute atomic E-state index is 0.0915. The Morgan fingerprint density at radius 3 is 2.62 bits per heavy atom. The third-order valence-corrected chi connectivity index (χ3v) is 2.92. The Labute approximate surface area is 93.5 Å². The minimum Gasteiger partial charge on any atom is -0.481 e. The van der Waals surface area contributed by atoms with Crippen LogP contribution in [0.1, 0.15) is 23.6 Å². The van der Waals surface area contributed by atoms with Gasteiger partial charge < -0.3 is 10.4 Å². The number of aliphatic carboxylic acids is 1. The fraction of sp³-hybridized carbons (Fsp3) is 0.333. The lowest BCUT2D eigenvalue weighted by molar-refractivity contribution is -0.141. The Bertz CT molecular complexity index is 433. The van der Waals surface area contributed by atoms with Gasteiger partial charge in [0.25, 0.3) is 0 Å². The predicted molar refractivity (Wildman–Crippen MR) is 57.6 cm³/mol. The molecule has 2 atom stereocenters. The average molecular weight is 216 g/mol. The largest absolute Gasteiger partial charge is 0.481 e. The molecule has 82 valence electrons. The van der Waals surface area contributed by atoms with Crippen molar-refractivity contribution in [2.45, 2.75) is 12.5 Å². The van der Waals surface area contributed by atoms with E-state index in [0.717, 1.165) is 5.56 Å². The molecule has 0 aliphatic carbocycles. The van der Waals surface area contributed by atoms with Crippen molar-refractivity contribution >= 4 is 5.97 Å². The van der Waals surface area contributed by atoms with E-state index in [1.165, 1.54) is 0 Å². The number of rotatable bonds is 2. The van der Waals surface area contributed by atoms with Gasteiger partial charge in [0.1, 0.15) is 0 Å². The van der Waals surface area contributed by atoms with Crippen LogP contribution in [0.25, 0.3) is 0 Å². The second-order valence-corrected chi connectivity index (χ2v) is 3.97. The van der Waals surface area contributed by atoms with Crippen LogP contribution in [0, 0.1) is 17.2 Å². The molecule has 1 aliphatic rings. The van der Waals surface area contributed by atoms with Crippen molar-refractivity contribution in [3.8, 4) is 6.07 Å². The van der Waals surface area contributed by atoms with Crippen LogP contribution in [0.3, 0.4) is 0 Å². The number of carboxylic acid groups (broad SMARTS) is 1. The monoisotopic (exact) mass is 216 g/mol. The van der Waals surface area contributed by atoms with Gasteiger partial charge in [-0.25, -0.2) is 0 Å². The molecule has 4 nitrogen and oxygen atoms in total. The molecule has 1 fully saturated rings. The summed E-state index contributed by atoms with van der Waals surface area (Å²) in [6.07, 6.45) is 0.612. The second kappa shape index (κ2) is 4.33. The van der Waals surface area contributed by atoms with Gasteiger partial charge in [0.05, 0.1) is 17.6 Å². The molecule has 2 unspecified atom stereocenters. The van der Waals surface area contributed by atoms with Crippen LogP contribution in [-0.4, -0.2) is 17.6 Å². The second-order valence-electron chi connectivity index (χ2n) is 3.97. The summed E-state index contributed by atoms with van der Waals surface area (Å²) >= 11 is 0. The number of nitrogens with one attached hydrogen (secondary N) is 1. The summed E-state index contributed by atoms with van der Waals surface area (Å²) in [5.41, 5.74) is 1.67. The van der Waals surface area contributed by atoms with E-state index in [4.69, 9.17) is 10.4 Å². The lowest BCUT2D eigenvalue weighted by Crippen LogP contribution is -2.17. The van der Waals surface area contributed by atoms with Gasteiger partial charge in [0, 0.05) is 12.6 Å². The number of hydrogen-bond acceptors (Lipinski definition) is 3. The third-order valence-electron chi connectivity index (χ3n) is 2.92. The molecule has 2 rings (SSSR count). The summed E-state index contributed by atoms with van der Waals surface area (Å²) in [6, 6.07) is 9.41. The molecule has 16 heavy (non-hydrogen) atoms. The Hall–Kier alpha value is -1.86. The molecule has 1 aromatic carbocycles. The van der Waals surface area contributed by atoms with E-state index in [1.807, 2.05) is 12.1 Å². The fourth-order valence-corrected chi connectivity index (χ4v) is 1.97. The minimum atomic E-state index is -0.747. The van der Waals surface area contributed by atoms with Gasteiger partial charge in [-0.3, -0.25) is 4.79 Å². The van der Waals surface area contributed by atoms with E-state index in [0.29, 0.717) is 18.5 Å². The van der Waals surface area contributed by atoms with Gasteiger partial charge in [0.2, 0.25) is 0 Å². The number of nitriles is 1. The first-order valence-corrected chi connectivity index (χ1v) is 5.17. The lowest BCUT2D eigenvalue weighted by Gasteiger charge is -2.10. The van der Waals surface area contributed by atoms with Crippen LogP contribution in [0.15, 0.2) is 24.3 Å². The summed E-state index contributed by atoms with van der Waals surface area (Å²) in [5, 5.41) is 20.7. The number of nitrogens with zero attached hydrogens (tertiary/aromatic N) is 1. The van der Waals surface area contributed by atoms with E-state index in [-0.39, 0.29) is 12.0 Å². The highest BCUT2D eigenvalue weighted by Crippen LogP contribution is 2.27. The van der Waals surface area contributed by atoms with Crippen molar-refractivity contribution in [1.82, 2.24) is 5.32 Å². The SMILES string of the molecule is N#Cc1ccc(C2CC(C(=O)O)CN2)cc1. The average Bonchev–Trinajstić information content (AvgIpc) is 2.78. The predicted octanol–water partition coefficient (Wildman–Crippen LogP) is 1.29. The van der Waals surface area contributed by atoms with Crippen molar-refractivity contribution in [2.24, 2.45) is 5.92 Å². The van der Waals surface area contributed by atoms with E-state index in [1.54, 1.807) is 12.1 Å². The molecule has 1 aromatic rings. The summed E-state index contributed by atoms with van der Waals surface area (Å²) in [7, 11) is 0. The molecule has 0 aromatic heterocycles. The summed E-state index contributed by atoms with van der Waals surface area (Å²) in [5.74, 6) is -1.05. The van der Waals surface area contributed by atoms with Crippen LogP contribution in [0.4, 0.5) is 0 Å². The number of carboxylic acids is 1. The van der Waals surface area contributed by atoms with E-state index < -0.39 is 5.97 Å². The summed E-state index contributed by atoms with van der Waals surface area (Å²) < 4.78 is 0. The van der Waals surface area contributed by atoms with Crippen molar-refractivity contribution in [3.63, 3.8) is 0 Å². The number of carbonyl (C=O) groups is 1. The van der Waals surface area contributed by atoms with Crippen LogP contribution in [0.5, 0.6) is 0 Å². The first-order chi connectivity index (χ1) is 7.70. The number of benzene rings is 1. The highest BCUT2D eigenvalue weighted by Gasteiger charge is 2.29. The smallest absolute Gasteiger partial charge is 0.307 e. The lowest BCUT2D eigenvalue weighted by atomic mass is 9.99. The quantitative estimate of drug-likeness (QED) is 0.781. The Morgan fingerprint density at radius 1 is 1.44 bits per heavy atom. The molecule has 0 spiro atoms. The van der Waals surface area contributed by atoms with Gasteiger partial charge in [0.15, 0.2) is 0 Å². The first kappa shape index (κ1) is 10.7. The molecule has 1 saturated heterocycles. The Balaban J connectivity index is 2.09. The van der Waals surface area contributed by atoms with Gasteiger partial charge >= 0.3 is 5.97 Å². The molecule has 2 N–H and O–H groups in total. The summed E-state index contributed by atoms with van der Waals surface area (Å²) in [4.78, 5) is 10.8. The highest BCUT2D eigenvalue weighted by atomic mass is 16.4. The zero-order chi connectivity index (χ0) is 11.5. The highest BCUT2D eigenvalue weighted by molar-refractivity contribution is 5.70. The standard InChI is InChI=1S/C12H12N2O2/c13-6-8-1-3-9(4-2-8)11-5-10(7-14-11)12(15)16/h1-4,10-11,14H,5,7H2,(H,15,16). The zero-order valence-electron chi connectivity index (χ0n) is 8.68. The molecule has 1 aliphatic heterocycles. The van der Waals surface area contributed by atoms with Crippen LogP contribution < -0.4 is 5.32 Å². The normalized spacial score (nSPS) is 23.9. The fourth-order valence-electron chi connectivity index (χ4n) is 1.97. The van der Waals surface area contributed by atoms with Gasteiger partial charge in [-0.2, -0.15) is 5.26 Å². The summed E-state index contributed by atoms with van der Waals surface area (Å²) in [6.45, 7) is 0.514. The molecule has 4 heteroatoms. The molecule has 0 radical (unpaired) electrons. The van der Waals surface area contributed by atoms with Crippen molar-refractivity contribution in [2.75, 3.05) is 6.54 Å². The van der Waals surface area contributed by atoms with E-state index in [2.05, 4.69) is 11.4 Å². The maximum absolute atomic E-state index is 10.8. The molecular weight excluding hydrogens is 204 g/mol. The third kappa shape index (κ3) is 2.05. The Kier molecular flexibility index (Phi) is 2.88. The van der Waals surface area contributed by atoms with Crippen molar-refractivity contribution in [3.05, 3.63) is 35.4 Å². The van der Waals surface area contributed by atoms with Crippen LogP contribution in [0.2, 0.25) is 0 Å². The molecule has 1 heterocycles. The van der Waals surface area contributed by atoms with Crippen LogP contribution in [-0.2, 0) is 4.79 Å². The topological polar surface area (TPSA) is 73.1 Å². The zero-order valence-corrected chi connectivity index (χ0v) is 8.68. The van der Waals surface area contributed by atoms with E-state index in [9.17, 15) is 4.79 Å². The van der Waals surface area contributed by atoms with Crippen molar-refractivity contribution < 1.29 is 9.90 Å². The Morgan fingerprint density at radius 2 is 2.12 bits per heavy atom. The van der Waals surface area contributed by atoms with Crippen LogP contribution >= 0.6 is 0 Å². The van der Waals surface area contributed by atoms with Gasteiger partial charge in [-0.1, -0.05) is 12.1 Å². The first-order valence-electron chi connectivity index (χ1n) is 5.17.